The first-order valence-corrected chi connectivity index (χ1v) is 8.37. The van der Waals surface area contributed by atoms with Crippen molar-refractivity contribution in [2.45, 2.75) is 0 Å². The Hall–Kier alpha value is -2.89. The number of anilines is 2. The van der Waals surface area contributed by atoms with Crippen LogP contribution in [0.4, 0.5) is 11.4 Å². The molecule has 0 unspecified atom stereocenters. The molecule has 2 N–H and O–H groups in total. The summed E-state index contributed by atoms with van der Waals surface area (Å²) >= 11 is 11.7. The molecular weight excluding hydrogens is 373 g/mol. The number of amides is 2. The Kier molecular flexibility index (Phi) is 5.51. The van der Waals surface area contributed by atoms with Gasteiger partial charge in [0.25, 0.3) is 11.8 Å². The molecular formula is C19H13Cl2N3O2. The summed E-state index contributed by atoms with van der Waals surface area (Å²) < 4.78 is 0. The minimum absolute atomic E-state index is 0.119. The lowest BCUT2D eigenvalue weighted by atomic mass is 10.2. The monoisotopic (exact) mass is 385 g/mol. The van der Waals surface area contributed by atoms with Gasteiger partial charge in [-0.2, -0.15) is 0 Å². The first-order valence-electron chi connectivity index (χ1n) is 7.61. The molecule has 26 heavy (non-hydrogen) atoms. The second kappa shape index (κ2) is 7.99. The molecule has 1 heterocycles. The summed E-state index contributed by atoms with van der Waals surface area (Å²) in [6, 6.07) is 16.4. The lowest BCUT2D eigenvalue weighted by Crippen LogP contribution is -2.17. The Labute approximate surface area is 160 Å². The predicted molar refractivity (Wildman–Crippen MR) is 103 cm³/mol. The van der Waals surface area contributed by atoms with E-state index >= 15 is 0 Å². The van der Waals surface area contributed by atoms with Crippen molar-refractivity contribution in [1.82, 2.24) is 4.98 Å². The molecule has 0 aliphatic carbocycles. The van der Waals surface area contributed by atoms with Gasteiger partial charge in [0.15, 0.2) is 0 Å². The quantitative estimate of drug-likeness (QED) is 0.671. The highest BCUT2D eigenvalue weighted by molar-refractivity contribution is 6.31. The molecule has 2 aromatic carbocycles. The van der Waals surface area contributed by atoms with Gasteiger partial charge in [-0.3, -0.25) is 14.6 Å². The van der Waals surface area contributed by atoms with Crippen LogP contribution in [0.2, 0.25) is 10.0 Å². The molecule has 0 bridgehead atoms. The van der Waals surface area contributed by atoms with Crippen LogP contribution < -0.4 is 10.6 Å². The average molecular weight is 386 g/mol. The summed E-state index contributed by atoms with van der Waals surface area (Å²) in [5.41, 5.74) is 1.57. The molecule has 0 saturated carbocycles. The lowest BCUT2D eigenvalue weighted by molar-refractivity contribution is 0.102. The molecule has 0 saturated heterocycles. The van der Waals surface area contributed by atoms with Crippen molar-refractivity contribution in [3.8, 4) is 0 Å². The maximum Gasteiger partial charge on any atom is 0.274 e. The summed E-state index contributed by atoms with van der Waals surface area (Å²) in [5, 5.41) is 6.51. The number of nitrogens with zero attached hydrogens (tertiary/aromatic N) is 1. The SMILES string of the molecule is O=C(Nc1ccc(Cl)cc1)c1ccnc(C(=O)Nc2cccc(Cl)c2)c1. The molecule has 5 nitrogen and oxygen atoms in total. The number of rotatable bonds is 4. The summed E-state index contributed by atoms with van der Waals surface area (Å²) in [6.07, 6.45) is 1.41. The predicted octanol–water partition coefficient (Wildman–Crippen LogP) is 4.89. The Morgan fingerprint density at radius 2 is 1.50 bits per heavy atom. The van der Waals surface area contributed by atoms with Crippen LogP contribution in [-0.4, -0.2) is 16.8 Å². The van der Waals surface area contributed by atoms with E-state index in [9.17, 15) is 9.59 Å². The Bertz CT molecular complexity index is 959. The van der Waals surface area contributed by atoms with E-state index in [1.165, 1.54) is 18.3 Å². The maximum atomic E-state index is 12.4. The van der Waals surface area contributed by atoms with Gasteiger partial charge in [-0.05, 0) is 54.6 Å². The molecule has 0 aliphatic heterocycles. The van der Waals surface area contributed by atoms with E-state index in [1.54, 1.807) is 48.5 Å². The molecule has 130 valence electrons. The van der Waals surface area contributed by atoms with Crippen LogP contribution in [-0.2, 0) is 0 Å². The van der Waals surface area contributed by atoms with Crippen LogP contribution in [0.1, 0.15) is 20.8 Å². The fourth-order valence-corrected chi connectivity index (χ4v) is 2.51. The minimum atomic E-state index is -0.437. The number of pyridine rings is 1. The fourth-order valence-electron chi connectivity index (χ4n) is 2.19. The van der Waals surface area contributed by atoms with E-state index < -0.39 is 5.91 Å². The van der Waals surface area contributed by atoms with Crippen molar-refractivity contribution < 1.29 is 9.59 Å². The van der Waals surface area contributed by atoms with Crippen molar-refractivity contribution in [1.29, 1.82) is 0 Å². The second-order valence-electron chi connectivity index (χ2n) is 5.36. The zero-order chi connectivity index (χ0) is 18.5. The molecule has 1 aromatic heterocycles. The number of aromatic nitrogens is 1. The van der Waals surface area contributed by atoms with Gasteiger partial charge in [-0.15, -0.1) is 0 Å². The third kappa shape index (κ3) is 4.59. The van der Waals surface area contributed by atoms with Crippen molar-refractivity contribution in [2.75, 3.05) is 10.6 Å². The van der Waals surface area contributed by atoms with Gasteiger partial charge in [0.1, 0.15) is 5.69 Å². The summed E-state index contributed by atoms with van der Waals surface area (Å²) in [4.78, 5) is 28.7. The van der Waals surface area contributed by atoms with E-state index in [2.05, 4.69) is 15.6 Å². The number of hydrogen-bond donors (Lipinski definition) is 2. The van der Waals surface area contributed by atoms with Crippen LogP contribution in [0, 0.1) is 0 Å². The van der Waals surface area contributed by atoms with E-state index in [1.807, 2.05) is 0 Å². The molecule has 3 rings (SSSR count). The van der Waals surface area contributed by atoms with Crippen LogP contribution in [0.25, 0.3) is 0 Å². The van der Waals surface area contributed by atoms with E-state index in [4.69, 9.17) is 23.2 Å². The topological polar surface area (TPSA) is 71.1 Å². The summed E-state index contributed by atoms with van der Waals surface area (Å²) in [6.45, 7) is 0. The molecule has 0 fully saturated rings. The number of carbonyl (C=O) groups excluding carboxylic acids is 2. The Morgan fingerprint density at radius 3 is 2.23 bits per heavy atom. The number of hydrogen-bond acceptors (Lipinski definition) is 3. The first kappa shape index (κ1) is 17.9. The highest BCUT2D eigenvalue weighted by Gasteiger charge is 2.12. The van der Waals surface area contributed by atoms with Crippen molar-refractivity contribution in [3.05, 3.63) is 88.2 Å². The third-order valence-corrected chi connectivity index (χ3v) is 3.93. The van der Waals surface area contributed by atoms with Crippen molar-refractivity contribution in [3.63, 3.8) is 0 Å². The third-order valence-electron chi connectivity index (χ3n) is 3.44. The molecule has 7 heteroatoms. The van der Waals surface area contributed by atoms with Gasteiger partial charge in [0.05, 0.1) is 0 Å². The van der Waals surface area contributed by atoms with Crippen LogP contribution in [0.3, 0.4) is 0 Å². The van der Waals surface area contributed by atoms with Gasteiger partial charge in [0, 0.05) is 33.2 Å². The Balaban J connectivity index is 1.73. The zero-order valence-electron chi connectivity index (χ0n) is 13.4. The molecule has 0 aliphatic rings. The lowest BCUT2D eigenvalue weighted by Gasteiger charge is -2.08. The number of benzene rings is 2. The Morgan fingerprint density at radius 1 is 0.769 bits per heavy atom. The minimum Gasteiger partial charge on any atom is -0.322 e. The molecule has 0 radical (unpaired) electrons. The average Bonchev–Trinajstić information content (AvgIpc) is 2.64. The van der Waals surface area contributed by atoms with E-state index in [-0.39, 0.29) is 11.6 Å². The summed E-state index contributed by atoms with van der Waals surface area (Å²) in [7, 11) is 0. The van der Waals surface area contributed by atoms with Crippen LogP contribution >= 0.6 is 23.2 Å². The standard InChI is InChI=1S/C19H13Cl2N3O2/c20-13-4-6-15(7-5-13)23-18(25)12-8-9-22-17(10-12)19(26)24-16-3-1-2-14(21)11-16/h1-11H,(H,23,25)(H,24,26). The largest absolute Gasteiger partial charge is 0.322 e. The normalized spacial score (nSPS) is 10.2. The number of halogens is 2. The van der Waals surface area contributed by atoms with Gasteiger partial charge in [-0.1, -0.05) is 29.3 Å². The fraction of sp³-hybridized carbons (Fsp3) is 0. The first-order chi connectivity index (χ1) is 12.5. The van der Waals surface area contributed by atoms with Gasteiger partial charge in [-0.25, -0.2) is 0 Å². The molecule has 0 spiro atoms. The van der Waals surface area contributed by atoms with Gasteiger partial charge in [0.2, 0.25) is 0 Å². The highest BCUT2D eigenvalue weighted by Crippen LogP contribution is 2.17. The highest BCUT2D eigenvalue weighted by atomic mass is 35.5. The smallest absolute Gasteiger partial charge is 0.274 e. The van der Waals surface area contributed by atoms with Gasteiger partial charge < -0.3 is 10.6 Å². The van der Waals surface area contributed by atoms with Crippen molar-refractivity contribution in [2.24, 2.45) is 0 Å². The van der Waals surface area contributed by atoms with Crippen LogP contribution in [0.5, 0.6) is 0 Å². The number of nitrogens with one attached hydrogen (secondary N) is 2. The van der Waals surface area contributed by atoms with E-state index in [0.29, 0.717) is 27.0 Å². The number of carbonyl (C=O) groups is 2. The second-order valence-corrected chi connectivity index (χ2v) is 6.23. The van der Waals surface area contributed by atoms with E-state index in [0.717, 1.165) is 0 Å². The van der Waals surface area contributed by atoms with Crippen LogP contribution in [0.15, 0.2) is 66.9 Å². The molecule has 3 aromatic rings. The maximum absolute atomic E-state index is 12.4. The summed E-state index contributed by atoms with van der Waals surface area (Å²) in [5.74, 6) is -0.792. The van der Waals surface area contributed by atoms with Crippen molar-refractivity contribution >= 4 is 46.4 Å². The zero-order valence-corrected chi connectivity index (χ0v) is 14.9. The van der Waals surface area contributed by atoms with Gasteiger partial charge >= 0.3 is 0 Å². The molecule has 0 atom stereocenters. The molecule has 2 amide bonds.